The van der Waals surface area contributed by atoms with Gasteiger partial charge in [0.15, 0.2) is 5.65 Å². The number of hydrogen-bond acceptors (Lipinski definition) is 4. The number of nitrogens with one attached hydrogen (secondary N) is 1. The Balaban J connectivity index is 1.56. The van der Waals surface area contributed by atoms with Crippen LogP contribution in [0.3, 0.4) is 0 Å². The van der Waals surface area contributed by atoms with Crippen LogP contribution in [0.5, 0.6) is 0 Å². The molecule has 2 aromatic heterocycles. The number of para-hydroxylation sites is 1. The van der Waals surface area contributed by atoms with Crippen molar-refractivity contribution >= 4 is 16.9 Å². The van der Waals surface area contributed by atoms with Crippen molar-refractivity contribution in [2.24, 2.45) is 5.92 Å². The van der Waals surface area contributed by atoms with Gasteiger partial charge in [0.2, 0.25) is 5.91 Å². The SMILES string of the molecule is O=C(CC1CCCCC1)Nn1cnc2c(cnn2-c2ccccc2)c1=O. The molecule has 1 aromatic carbocycles. The van der Waals surface area contributed by atoms with Crippen LogP contribution in [0.15, 0.2) is 47.7 Å². The van der Waals surface area contributed by atoms with Gasteiger partial charge in [0.25, 0.3) is 5.56 Å². The molecule has 0 radical (unpaired) electrons. The molecule has 1 amide bonds. The fourth-order valence-corrected chi connectivity index (χ4v) is 3.58. The third-order valence-electron chi connectivity index (χ3n) is 4.93. The first-order valence-corrected chi connectivity index (χ1v) is 9.03. The van der Waals surface area contributed by atoms with Crippen LogP contribution in [0.2, 0.25) is 0 Å². The molecule has 0 atom stereocenters. The first-order chi connectivity index (χ1) is 12.7. The maximum absolute atomic E-state index is 12.7. The smallest absolute Gasteiger partial charge is 0.273 e. The minimum atomic E-state index is -0.325. The van der Waals surface area contributed by atoms with Crippen LogP contribution in [-0.2, 0) is 4.79 Å². The molecule has 1 fully saturated rings. The second-order valence-electron chi connectivity index (χ2n) is 6.79. The molecule has 1 saturated carbocycles. The maximum atomic E-state index is 12.7. The van der Waals surface area contributed by atoms with E-state index in [0.717, 1.165) is 23.2 Å². The van der Waals surface area contributed by atoms with E-state index >= 15 is 0 Å². The molecule has 1 aliphatic rings. The number of benzene rings is 1. The zero-order valence-corrected chi connectivity index (χ0v) is 14.5. The van der Waals surface area contributed by atoms with E-state index in [1.54, 1.807) is 4.68 Å². The molecule has 0 aliphatic heterocycles. The highest BCUT2D eigenvalue weighted by Crippen LogP contribution is 2.26. The molecule has 1 N–H and O–H groups in total. The van der Waals surface area contributed by atoms with Crippen LogP contribution in [-0.4, -0.2) is 25.3 Å². The quantitative estimate of drug-likeness (QED) is 0.783. The fourth-order valence-electron chi connectivity index (χ4n) is 3.58. The average molecular weight is 351 g/mol. The molecule has 1 aliphatic carbocycles. The Morgan fingerprint density at radius 2 is 1.92 bits per heavy atom. The van der Waals surface area contributed by atoms with E-state index in [-0.39, 0.29) is 11.5 Å². The molecule has 2 heterocycles. The Morgan fingerprint density at radius 3 is 2.69 bits per heavy atom. The predicted octanol–water partition coefficient (Wildman–Crippen LogP) is 2.62. The van der Waals surface area contributed by atoms with Crippen molar-refractivity contribution in [1.82, 2.24) is 19.4 Å². The first-order valence-electron chi connectivity index (χ1n) is 9.03. The summed E-state index contributed by atoms with van der Waals surface area (Å²) in [5, 5.41) is 4.64. The summed E-state index contributed by atoms with van der Waals surface area (Å²) < 4.78 is 2.77. The summed E-state index contributed by atoms with van der Waals surface area (Å²) in [4.78, 5) is 29.3. The van der Waals surface area contributed by atoms with E-state index in [4.69, 9.17) is 0 Å². The first kappa shape index (κ1) is 16.5. The van der Waals surface area contributed by atoms with Crippen LogP contribution in [0.1, 0.15) is 38.5 Å². The lowest BCUT2D eigenvalue weighted by Gasteiger charge is -2.20. The highest BCUT2D eigenvalue weighted by Gasteiger charge is 2.18. The van der Waals surface area contributed by atoms with Gasteiger partial charge in [-0.25, -0.2) is 14.3 Å². The van der Waals surface area contributed by atoms with Gasteiger partial charge in [0.05, 0.1) is 11.9 Å². The number of amides is 1. The summed E-state index contributed by atoms with van der Waals surface area (Å²) in [6, 6.07) is 9.50. The van der Waals surface area contributed by atoms with E-state index in [1.165, 1.54) is 31.8 Å². The maximum Gasteiger partial charge on any atom is 0.283 e. The van der Waals surface area contributed by atoms with Crippen LogP contribution in [0, 0.1) is 5.92 Å². The largest absolute Gasteiger partial charge is 0.283 e. The van der Waals surface area contributed by atoms with Crippen molar-refractivity contribution < 1.29 is 4.79 Å². The normalized spacial score (nSPS) is 15.2. The van der Waals surface area contributed by atoms with Crippen molar-refractivity contribution in [1.29, 1.82) is 0 Å². The molecule has 7 heteroatoms. The van der Waals surface area contributed by atoms with E-state index in [0.29, 0.717) is 23.4 Å². The van der Waals surface area contributed by atoms with Crippen molar-refractivity contribution in [3.8, 4) is 5.69 Å². The van der Waals surface area contributed by atoms with E-state index in [2.05, 4.69) is 15.5 Å². The van der Waals surface area contributed by atoms with Gasteiger partial charge in [-0.1, -0.05) is 37.5 Å². The van der Waals surface area contributed by atoms with Gasteiger partial charge < -0.3 is 0 Å². The standard InChI is InChI=1S/C19H21N5O2/c25-17(11-14-7-3-1-4-8-14)22-23-13-20-18-16(19(23)26)12-21-24(18)15-9-5-2-6-10-15/h2,5-6,9-10,12-14H,1,3-4,7-8,11H2,(H,22,25). The summed E-state index contributed by atoms with van der Waals surface area (Å²) in [5.41, 5.74) is 3.64. The Hall–Kier alpha value is -2.96. The summed E-state index contributed by atoms with van der Waals surface area (Å²) in [5.74, 6) is 0.271. The molecule has 3 aromatic rings. The molecular formula is C19H21N5O2. The number of hydrogen-bond donors (Lipinski definition) is 1. The van der Waals surface area contributed by atoms with Gasteiger partial charge in [0.1, 0.15) is 11.7 Å². The van der Waals surface area contributed by atoms with Crippen LogP contribution in [0.25, 0.3) is 16.7 Å². The minimum Gasteiger partial charge on any atom is -0.273 e. The third kappa shape index (κ3) is 3.24. The number of fused-ring (bicyclic) bond motifs is 1. The summed E-state index contributed by atoms with van der Waals surface area (Å²) in [7, 11) is 0. The van der Waals surface area contributed by atoms with E-state index in [9.17, 15) is 9.59 Å². The number of carbonyl (C=O) groups is 1. The molecule has 7 nitrogen and oxygen atoms in total. The molecular weight excluding hydrogens is 330 g/mol. The summed E-state index contributed by atoms with van der Waals surface area (Å²) >= 11 is 0. The Kier molecular flexibility index (Phi) is 4.51. The van der Waals surface area contributed by atoms with Gasteiger partial charge in [-0.2, -0.15) is 5.10 Å². The molecule has 0 unspecified atom stereocenters. The lowest BCUT2D eigenvalue weighted by Crippen LogP contribution is -2.34. The molecule has 134 valence electrons. The van der Waals surface area contributed by atoms with Crippen LogP contribution in [0.4, 0.5) is 0 Å². The van der Waals surface area contributed by atoms with Gasteiger partial charge in [-0.3, -0.25) is 15.0 Å². The highest BCUT2D eigenvalue weighted by atomic mass is 16.2. The lowest BCUT2D eigenvalue weighted by atomic mass is 9.87. The fraction of sp³-hybridized carbons (Fsp3) is 0.368. The third-order valence-corrected chi connectivity index (χ3v) is 4.93. The molecule has 4 rings (SSSR count). The van der Waals surface area contributed by atoms with Gasteiger partial charge in [-0.15, -0.1) is 0 Å². The number of carbonyl (C=O) groups excluding carboxylic acids is 1. The predicted molar refractivity (Wildman–Crippen MR) is 98.7 cm³/mol. The summed E-state index contributed by atoms with van der Waals surface area (Å²) in [6.45, 7) is 0. The van der Waals surface area contributed by atoms with Gasteiger partial charge >= 0.3 is 0 Å². The number of aromatic nitrogens is 4. The van der Waals surface area contributed by atoms with E-state index in [1.807, 2.05) is 30.3 Å². The average Bonchev–Trinajstić information content (AvgIpc) is 3.10. The second-order valence-corrected chi connectivity index (χ2v) is 6.79. The topological polar surface area (TPSA) is 81.8 Å². The van der Waals surface area contributed by atoms with Crippen molar-refractivity contribution in [2.75, 3.05) is 5.43 Å². The number of rotatable bonds is 4. The van der Waals surface area contributed by atoms with Crippen molar-refractivity contribution in [3.05, 3.63) is 53.2 Å². The Morgan fingerprint density at radius 1 is 1.15 bits per heavy atom. The summed E-state index contributed by atoms with van der Waals surface area (Å²) in [6.07, 6.45) is 9.09. The highest BCUT2D eigenvalue weighted by molar-refractivity contribution is 5.84. The lowest BCUT2D eigenvalue weighted by molar-refractivity contribution is -0.118. The van der Waals surface area contributed by atoms with Crippen LogP contribution < -0.4 is 11.0 Å². The second kappa shape index (κ2) is 7.11. The Bertz CT molecular complexity index is 971. The monoisotopic (exact) mass is 351 g/mol. The van der Waals surface area contributed by atoms with E-state index < -0.39 is 0 Å². The number of nitrogens with zero attached hydrogens (tertiary/aromatic N) is 4. The van der Waals surface area contributed by atoms with Gasteiger partial charge in [0, 0.05) is 6.42 Å². The van der Waals surface area contributed by atoms with Crippen molar-refractivity contribution in [2.45, 2.75) is 38.5 Å². The minimum absolute atomic E-state index is 0.143. The zero-order chi connectivity index (χ0) is 17.9. The van der Waals surface area contributed by atoms with Crippen molar-refractivity contribution in [3.63, 3.8) is 0 Å². The molecule has 0 bridgehead atoms. The molecule has 0 spiro atoms. The molecule has 0 saturated heterocycles. The van der Waals surface area contributed by atoms with Crippen LogP contribution >= 0.6 is 0 Å². The van der Waals surface area contributed by atoms with Gasteiger partial charge in [-0.05, 0) is 30.9 Å². The molecule has 26 heavy (non-hydrogen) atoms. The zero-order valence-electron chi connectivity index (χ0n) is 14.5. The Labute approximate surface area is 150 Å².